The Morgan fingerprint density at radius 3 is 2.14 bits per heavy atom. The van der Waals surface area contributed by atoms with Crippen molar-refractivity contribution in [2.75, 3.05) is 0 Å². The van der Waals surface area contributed by atoms with Crippen molar-refractivity contribution >= 4 is 0 Å². The highest BCUT2D eigenvalue weighted by atomic mass is 19.1. The molecule has 2 heteroatoms. The van der Waals surface area contributed by atoms with Crippen LogP contribution in [0.15, 0.2) is 24.3 Å². The van der Waals surface area contributed by atoms with Crippen LogP contribution in [0.5, 0.6) is 0 Å². The van der Waals surface area contributed by atoms with Crippen LogP contribution in [-0.4, -0.2) is 11.2 Å². The van der Waals surface area contributed by atoms with Gasteiger partial charge in [0.2, 0.25) is 0 Å². The van der Waals surface area contributed by atoms with E-state index >= 15 is 0 Å². The highest BCUT2D eigenvalue weighted by Gasteiger charge is 2.01. The highest BCUT2D eigenvalue weighted by Crippen LogP contribution is 2.06. The van der Waals surface area contributed by atoms with Gasteiger partial charge in [0.15, 0.2) is 0 Å². The molecule has 0 amide bonds. The molecule has 1 aromatic carbocycles. The van der Waals surface area contributed by atoms with Crippen LogP contribution >= 0.6 is 0 Å². The first-order chi connectivity index (χ1) is 6.72. The van der Waals surface area contributed by atoms with Gasteiger partial charge in [0.1, 0.15) is 5.82 Å². The van der Waals surface area contributed by atoms with Gasteiger partial charge < -0.3 is 5.11 Å². The van der Waals surface area contributed by atoms with E-state index in [1.807, 2.05) is 20.8 Å². The largest absolute Gasteiger partial charge is 0.393 e. The van der Waals surface area contributed by atoms with Crippen LogP contribution in [0.4, 0.5) is 4.39 Å². The summed E-state index contributed by atoms with van der Waals surface area (Å²) < 4.78 is 12.4. The van der Waals surface area contributed by atoms with Gasteiger partial charge in [-0.3, -0.25) is 0 Å². The zero-order chi connectivity index (χ0) is 11.0. The Labute approximate surface area is 85.6 Å². The second-order valence-corrected chi connectivity index (χ2v) is 2.89. The lowest BCUT2D eigenvalue weighted by atomic mass is 10.1. The number of halogens is 1. The standard InChI is InChI=1S/C10H13FO.C2H6/c1-2-10(12)7-8-3-5-9(11)6-4-8;1-2/h3-6,10,12H,2,7H2,1H3;1-2H3. The summed E-state index contributed by atoms with van der Waals surface area (Å²) in [7, 11) is 0. The minimum atomic E-state index is -0.310. The Morgan fingerprint density at radius 2 is 1.71 bits per heavy atom. The third-order valence-corrected chi connectivity index (χ3v) is 1.86. The Morgan fingerprint density at radius 1 is 1.21 bits per heavy atom. The number of aliphatic hydroxyl groups excluding tert-OH is 1. The van der Waals surface area contributed by atoms with Crippen LogP contribution in [0.3, 0.4) is 0 Å². The van der Waals surface area contributed by atoms with E-state index in [2.05, 4.69) is 0 Å². The molecule has 0 fully saturated rings. The molecule has 1 rings (SSSR count). The van der Waals surface area contributed by atoms with Crippen molar-refractivity contribution in [2.24, 2.45) is 0 Å². The number of rotatable bonds is 3. The average Bonchev–Trinajstić information content (AvgIpc) is 2.24. The van der Waals surface area contributed by atoms with Crippen molar-refractivity contribution in [2.45, 2.75) is 39.7 Å². The Kier molecular flexibility index (Phi) is 7.03. The third-order valence-electron chi connectivity index (χ3n) is 1.86. The Balaban J connectivity index is 0.000000791. The molecular formula is C12H19FO. The van der Waals surface area contributed by atoms with Gasteiger partial charge in [0, 0.05) is 0 Å². The third kappa shape index (κ3) is 4.97. The molecule has 0 heterocycles. The molecule has 0 aliphatic heterocycles. The Hall–Kier alpha value is -0.890. The van der Waals surface area contributed by atoms with E-state index in [4.69, 9.17) is 0 Å². The number of benzene rings is 1. The van der Waals surface area contributed by atoms with Crippen LogP contribution in [0, 0.1) is 5.82 Å². The maximum atomic E-state index is 12.4. The minimum absolute atomic E-state index is 0.232. The van der Waals surface area contributed by atoms with Gasteiger partial charge in [0.25, 0.3) is 0 Å². The van der Waals surface area contributed by atoms with E-state index < -0.39 is 0 Å². The van der Waals surface area contributed by atoms with Crippen LogP contribution in [0.1, 0.15) is 32.8 Å². The average molecular weight is 198 g/mol. The molecule has 80 valence electrons. The van der Waals surface area contributed by atoms with Crippen LogP contribution in [0.25, 0.3) is 0 Å². The molecule has 1 aromatic rings. The van der Waals surface area contributed by atoms with Crippen LogP contribution < -0.4 is 0 Å². The smallest absolute Gasteiger partial charge is 0.123 e. The van der Waals surface area contributed by atoms with Gasteiger partial charge in [-0.25, -0.2) is 4.39 Å². The lowest BCUT2D eigenvalue weighted by Gasteiger charge is -2.06. The summed E-state index contributed by atoms with van der Waals surface area (Å²) in [4.78, 5) is 0. The molecule has 0 aromatic heterocycles. The fraction of sp³-hybridized carbons (Fsp3) is 0.500. The van der Waals surface area contributed by atoms with Crippen LogP contribution in [-0.2, 0) is 6.42 Å². The summed E-state index contributed by atoms with van der Waals surface area (Å²) in [5.41, 5.74) is 0.978. The predicted octanol–water partition coefficient (Wildman–Crippen LogP) is 3.17. The van der Waals surface area contributed by atoms with E-state index in [9.17, 15) is 9.50 Å². The first kappa shape index (κ1) is 13.1. The van der Waals surface area contributed by atoms with Gasteiger partial charge in [-0.1, -0.05) is 32.9 Å². The summed E-state index contributed by atoms with van der Waals surface area (Å²) in [6.07, 6.45) is 1.03. The molecule has 1 N–H and O–H groups in total. The minimum Gasteiger partial charge on any atom is -0.393 e. The second-order valence-electron chi connectivity index (χ2n) is 2.89. The van der Waals surface area contributed by atoms with E-state index in [-0.39, 0.29) is 11.9 Å². The van der Waals surface area contributed by atoms with Crippen molar-refractivity contribution in [3.63, 3.8) is 0 Å². The fourth-order valence-electron chi connectivity index (χ4n) is 1.04. The second kappa shape index (κ2) is 7.51. The van der Waals surface area contributed by atoms with E-state index in [0.717, 1.165) is 12.0 Å². The molecule has 0 bridgehead atoms. The topological polar surface area (TPSA) is 20.2 Å². The zero-order valence-electron chi connectivity index (χ0n) is 9.13. The van der Waals surface area contributed by atoms with E-state index in [1.165, 1.54) is 12.1 Å². The van der Waals surface area contributed by atoms with Crippen molar-refractivity contribution < 1.29 is 9.50 Å². The lowest BCUT2D eigenvalue weighted by Crippen LogP contribution is -2.08. The first-order valence-electron chi connectivity index (χ1n) is 5.15. The van der Waals surface area contributed by atoms with Gasteiger partial charge in [0.05, 0.1) is 6.10 Å². The number of hydrogen-bond donors (Lipinski definition) is 1. The monoisotopic (exact) mass is 198 g/mol. The lowest BCUT2D eigenvalue weighted by molar-refractivity contribution is 0.171. The molecule has 0 aliphatic rings. The summed E-state index contributed by atoms with van der Waals surface area (Å²) in [6.45, 7) is 5.92. The van der Waals surface area contributed by atoms with Crippen molar-refractivity contribution in [3.8, 4) is 0 Å². The molecule has 14 heavy (non-hydrogen) atoms. The number of hydrogen-bond acceptors (Lipinski definition) is 1. The summed E-state index contributed by atoms with van der Waals surface area (Å²) in [6, 6.07) is 6.23. The predicted molar refractivity (Wildman–Crippen MR) is 57.7 cm³/mol. The van der Waals surface area contributed by atoms with Crippen molar-refractivity contribution in [1.82, 2.24) is 0 Å². The maximum absolute atomic E-state index is 12.4. The van der Waals surface area contributed by atoms with Crippen molar-refractivity contribution in [1.29, 1.82) is 0 Å². The van der Waals surface area contributed by atoms with Gasteiger partial charge >= 0.3 is 0 Å². The SMILES string of the molecule is CC.CCC(O)Cc1ccc(F)cc1. The van der Waals surface area contributed by atoms with E-state index in [1.54, 1.807) is 12.1 Å². The normalized spacial score (nSPS) is 11.5. The number of aliphatic hydroxyl groups is 1. The Bertz CT molecular complexity index is 231. The first-order valence-corrected chi connectivity index (χ1v) is 5.15. The molecule has 0 radical (unpaired) electrons. The molecule has 0 spiro atoms. The molecule has 0 saturated carbocycles. The summed E-state index contributed by atoms with van der Waals surface area (Å²) in [5.74, 6) is -0.232. The molecular weight excluding hydrogens is 179 g/mol. The molecule has 0 saturated heterocycles. The molecule has 0 aliphatic carbocycles. The highest BCUT2D eigenvalue weighted by molar-refractivity contribution is 5.16. The van der Waals surface area contributed by atoms with Crippen LogP contribution in [0.2, 0.25) is 0 Å². The van der Waals surface area contributed by atoms with Crippen molar-refractivity contribution in [3.05, 3.63) is 35.6 Å². The van der Waals surface area contributed by atoms with Gasteiger partial charge in [-0.05, 0) is 30.5 Å². The quantitative estimate of drug-likeness (QED) is 0.791. The maximum Gasteiger partial charge on any atom is 0.123 e. The molecule has 1 atom stereocenters. The van der Waals surface area contributed by atoms with E-state index in [0.29, 0.717) is 6.42 Å². The summed E-state index contributed by atoms with van der Waals surface area (Å²) >= 11 is 0. The zero-order valence-corrected chi connectivity index (χ0v) is 9.13. The fourth-order valence-corrected chi connectivity index (χ4v) is 1.04. The van der Waals surface area contributed by atoms with Gasteiger partial charge in [-0.2, -0.15) is 0 Å². The van der Waals surface area contributed by atoms with Gasteiger partial charge in [-0.15, -0.1) is 0 Å². The molecule has 1 unspecified atom stereocenters. The summed E-state index contributed by atoms with van der Waals surface area (Å²) in [5, 5.41) is 9.29. The molecule has 1 nitrogen and oxygen atoms in total.